The summed E-state index contributed by atoms with van der Waals surface area (Å²) in [5, 5.41) is 19.1. The molecule has 0 spiro atoms. The Morgan fingerprint density at radius 3 is 1.27 bits per heavy atom. The van der Waals surface area contributed by atoms with E-state index in [0.717, 1.165) is 11.1 Å². The molecule has 0 saturated carbocycles. The molecule has 0 aromatic heterocycles. The van der Waals surface area contributed by atoms with Crippen LogP contribution < -0.4 is 10.9 Å². The van der Waals surface area contributed by atoms with Gasteiger partial charge < -0.3 is 0 Å². The number of benzene rings is 2. The van der Waals surface area contributed by atoms with Crippen LogP contribution in [0.15, 0.2) is 60.7 Å². The van der Waals surface area contributed by atoms with Gasteiger partial charge >= 0.3 is 0 Å². The quantitative estimate of drug-likeness (QED) is 0.830. The van der Waals surface area contributed by atoms with Crippen molar-refractivity contribution in [1.82, 2.24) is 10.9 Å². The molecule has 22 heavy (non-hydrogen) atoms. The molecule has 0 unspecified atom stereocenters. The fraction of sp³-hybridized carbons (Fsp3) is 0.222. The van der Waals surface area contributed by atoms with E-state index in [4.69, 9.17) is 0 Å². The largest absolute Gasteiger partial charge is 0.232 e. The molecule has 2 N–H and O–H groups in total. The Kier molecular flexibility index (Phi) is 4.58. The number of nitrogens with zero attached hydrogens (tertiary/aromatic N) is 2. The first-order chi connectivity index (χ1) is 10.5. The lowest BCUT2D eigenvalue weighted by molar-refractivity contribution is 0.306. The van der Waals surface area contributed by atoms with E-state index >= 15 is 0 Å². The molecule has 0 radical (unpaired) electrons. The van der Waals surface area contributed by atoms with Crippen molar-refractivity contribution >= 4 is 0 Å². The van der Waals surface area contributed by atoms with Crippen LogP contribution in [0.1, 0.15) is 25.0 Å². The van der Waals surface area contributed by atoms with E-state index in [9.17, 15) is 10.5 Å². The van der Waals surface area contributed by atoms with Crippen molar-refractivity contribution in [2.45, 2.75) is 24.9 Å². The van der Waals surface area contributed by atoms with Gasteiger partial charge in [0.1, 0.15) is 11.1 Å². The minimum absolute atomic E-state index is 0.832. The van der Waals surface area contributed by atoms with E-state index in [1.54, 1.807) is 13.8 Å². The van der Waals surface area contributed by atoms with E-state index in [1.807, 2.05) is 60.7 Å². The summed E-state index contributed by atoms with van der Waals surface area (Å²) in [4.78, 5) is 0. The lowest BCUT2D eigenvalue weighted by Gasteiger charge is -2.31. The van der Waals surface area contributed by atoms with E-state index in [1.165, 1.54) is 0 Å². The molecular weight excluding hydrogens is 272 g/mol. The normalized spacial score (nSPS) is 15.8. The molecule has 2 atom stereocenters. The van der Waals surface area contributed by atoms with Crippen LogP contribution in [0.25, 0.3) is 0 Å². The minimum Gasteiger partial charge on any atom is -0.232 e. The Hall–Kier alpha value is -2.66. The first kappa shape index (κ1) is 15.7. The van der Waals surface area contributed by atoms with Gasteiger partial charge in [0.2, 0.25) is 0 Å². The summed E-state index contributed by atoms with van der Waals surface area (Å²) in [6, 6.07) is 23.4. The molecule has 2 aromatic carbocycles. The summed E-state index contributed by atoms with van der Waals surface area (Å²) in [5.74, 6) is 0. The van der Waals surface area contributed by atoms with E-state index in [-0.39, 0.29) is 0 Å². The number of hydrogen-bond acceptors (Lipinski definition) is 4. The monoisotopic (exact) mass is 290 g/mol. The lowest BCUT2D eigenvalue weighted by Crippen LogP contribution is -2.55. The second-order valence-corrected chi connectivity index (χ2v) is 5.46. The predicted octanol–water partition coefficient (Wildman–Crippen LogP) is 2.96. The van der Waals surface area contributed by atoms with E-state index in [2.05, 4.69) is 23.0 Å². The summed E-state index contributed by atoms with van der Waals surface area (Å²) in [7, 11) is 0. The van der Waals surface area contributed by atoms with Crippen LogP contribution in [-0.4, -0.2) is 0 Å². The van der Waals surface area contributed by atoms with Crippen LogP contribution in [0.3, 0.4) is 0 Å². The average molecular weight is 290 g/mol. The second-order valence-electron chi connectivity index (χ2n) is 5.46. The molecule has 110 valence electrons. The van der Waals surface area contributed by atoms with Crippen molar-refractivity contribution in [2.24, 2.45) is 0 Å². The smallest absolute Gasteiger partial charge is 0.141 e. The molecule has 2 aromatic rings. The summed E-state index contributed by atoms with van der Waals surface area (Å²) in [5.41, 5.74) is 5.83. The molecular formula is C18H18N4. The van der Waals surface area contributed by atoms with Crippen molar-refractivity contribution in [2.75, 3.05) is 0 Å². The van der Waals surface area contributed by atoms with Crippen molar-refractivity contribution < 1.29 is 0 Å². The topological polar surface area (TPSA) is 71.6 Å². The van der Waals surface area contributed by atoms with E-state index in [0.29, 0.717) is 0 Å². The van der Waals surface area contributed by atoms with Gasteiger partial charge in [-0.3, -0.25) is 0 Å². The standard InChI is InChI=1S/C18H18N4/c1-17(13-19,15-9-5-3-6-10-15)21-22-18(2,14-20)16-11-7-4-8-12-16/h3-12,21-22H,1-2H3/t17-,18-/m0/s1. The average Bonchev–Trinajstić information content (AvgIpc) is 2.61. The third kappa shape index (κ3) is 3.15. The molecule has 0 amide bonds. The highest BCUT2D eigenvalue weighted by atomic mass is 15.4. The lowest BCUT2D eigenvalue weighted by atomic mass is 9.92. The zero-order valence-corrected chi connectivity index (χ0v) is 12.7. The zero-order chi connectivity index (χ0) is 16.1. The van der Waals surface area contributed by atoms with E-state index < -0.39 is 11.1 Å². The second kappa shape index (κ2) is 6.41. The van der Waals surface area contributed by atoms with Crippen molar-refractivity contribution in [3.8, 4) is 12.1 Å². The van der Waals surface area contributed by atoms with Gasteiger partial charge in [0, 0.05) is 0 Å². The Balaban J connectivity index is 2.23. The molecule has 0 aliphatic heterocycles. The minimum atomic E-state index is -0.936. The molecule has 4 heteroatoms. The highest BCUT2D eigenvalue weighted by Crippen LogP contribution is 2.22. The summed E-state index contributed by atoms with van der Waals surface area (Å²) >= 11 is 0. The molecule has 2 rings (SSSR count). The summed E-state index contributed by atoms with van der Waals surface area (Å²) in [6.45, 7) is 3.55. The number of hydrazine groups is 1. The Morgan fingerprint density at radius 1 is 0.682 bits per heavy atom. The third-order valence-corrected chi connectivity index (χ3v) is 3.71. The van der Waals surface area contributed by atoms with Crippen LogP contribution in [0.4, 0.5) is 0 Å². The SMILES string of the molecule is C[C@@](C#N)(NN[C@@](C)(C#N)c1ccccc1)c1ccccc1. The number of hydrogen-bond donors (Lipinski definition) is 2. The van der Waals surface area contributed by atoms with Crippen LogP contribution in [-0.2, 0) is 11.1 Å². The van der Waals surface area contributed by atoms with Gasteiger partial charge in [-0.2, -0.15) is 10.5 Å². The van der Waals surface area contributed by atoms with Crippen molar-refractivity contribution in [3.63, 3.8) is 0 Å². The van der Waals surface area contributed by atoms with Crippen molar-refractivity contribution in [1.29, 1.82) is 10.5 Å². The first-order valence-corrected chi connectivity index (χ1v) is 7.02. The first-order valence-electron chi connectivity index (χ1n) is 7.02. The van der Waals surface area contributed by atoms with Gasteiger partial charge in [-0.1, -0.05) is 60.7 Å². The summed E-state index contributed by atoms with van der Waals surface area (Å²) in [6.07, 6.45) is 0. The van der Waals surface area contributed by atoms with Crippen LogP contribution in [0.5, 0.6) is 0 Å². The molecule has 0 fully saturated rings. The maximum absolute atomic E-state index is 9.54. The Labute approximate surface area is 131 Å². The number of rotatable bonds is 5. The van der Waals surface area contributed by atoms with Crippen LogP contribution >= 0.6 is 0 Å². The fourth-order valence-corrected chi connectivity index (χ4v) is 2.12. The van der Waals surface area contributed by atoms with Crippen LogP contribution in [0, 0.1) is 22.7 Å². The number of nitrogens with one attached hydrogen (secondary N) is 2. The molecule has 4 nitrogen and oxygen atoms in total. The van der Waals surface area contributed by atoms with Gasteiger partial charge in [0.15, 0.2) is 0 Å². The molecule has 0 bridgehead atoms. The van der Waals surface area contributed by atoms with Gasteiger partial charge in [0.25, 0.3) is 0 Å². The maximum Gasteiger partial charge on any atom is 0.141 e. The highest BCUT2D eigenvalue weighted by Gasteiger charge is 2.32. The molecule has 0 saturated heterocycles. The Bertz CT molecular complexity index is 636. The predicted molar refractivity (Wildman–Crippen MR) is 85.1 cm³/mol. The number of nitriles is 2. The van der Waals surface area contributed by atoms with Gasteiger partial charge in [0.05, 0.1) is 12.1 Å². The van der Waals surface area contributed by atoms with Gasteiger partial charge in [-0.25, -0.2) is 10.9 Å². The summed E-state index contributed by atoms with van der Waals surface area (Å²) < 4.78 is 0. The van der Waals surface area contributed by atoms with Gasteiger partial charge in [-0.15, -0.1) is 0 Å². The van der Waals surface area contributed by atoms with Gasteiger partial charge in [-0.05, 0) is 25.0 Å². The fourth-order valence-electron chi connectivity index (χ4n) is 2.12. The molecule has 0 aliphatic rings. The van der Waals surface area contributed by atoms with Crippen molar-refractivity contribution in [3.05, 3.63) is 71.8 Å². The third-order valence-electron chi connectivity index (χ3n) is 3.71. The Morgan fingerprint density at radius 2 is 1.00 bits per heavy atom. The van der Waals surface area contributed by atoms with Crippen LogP contribution in [0.2, 0.25) is 0 Å². The zero-order valence-electron chi connectivity index (χ0n) is 12.7. The molecule has 0 aliphatic carbocycles. The highest BCUT2D eigenvalue weighted by molar-refractivity contribution is 5.32. The molecule has 0 heterocycles. The maximum atomic E-state index is 9.54.